The minimum Gasteiger partial charge on any atom is -0.490 e. The number of carbonyl (C=O) groups excluding carboxylic acids is 1. The zero-order valence-corrected chi connectivity index (χ0v) is 33.0. The summed E-state index contributed by atoms with van der Waals surface area (Å²) in [6, 6.07) is 12.0. The lowest BCUT2D eigenvalue weighted by Crippen LogP contribution is -2.62. The molecule has 4 heterocycles. The molecule has 12 heteroatoms. The van der Waals surface area contributed by atoms with Gasteiger partial charge in [0, 0.05) is 75.0 Å². The molecule has 2 aromatic carbocycles. The number of anilines is 1. The number of carbonyl (C=O) groups is 1. The van der Waals surface area contributed by atoms with Gasteiger partial charge < -0.3 is 19.1 Å². The van der Waals surface area contributed by atoms with Crippen LogP contribution in [0, 0.1) is 17.8 Å². The van der Waals surface area contributed by atoms with E-state index >= 15 is 0 Å². The van der Waals surface area contributed by atoms with Gasteiger partial charge in [0.1, 0.15) is 11.4 Å². The number of piperazine rings is 1. The zero-order chi connectivity index (χ0) is 37.0. The number of halogens is 1. The molecule has 1 amide bonds. The largest absolute Gasteiger partial charge is 0.490 e. The summed E-state index contributed by atoms with van der Waals surface area (Å²) in [5.74, 6) is 0.458. The van der Waals surface area contributed by atoms with Gasteiger partial charge in [0.25, 0.3) is 5.91 Å². The minimum atomic E-state index is -3.96. The zero-order valence-electron chi connectivity index (χ0n) is 31.4. The molecule has 1 spiro atoms. The van der Waals surface area contributed by atoms with Crippen LogP contribution >= 0.6 is 11.6 Å². The van der Waals surface area contributed by atoms with E-state index in [1.807, 2.05) is 32.2 Å². The topological polar surface area (TPSA) is 101 Å². The van der Waals surface area contributed by atoms with Gasteiger partial charge in [-0.2, -0.15) is 0 Å². The molecule has 6 aliphatic rings. The summed E-state index contributed by atoms with van der Waals surface area (Å²) in [5, 5.41) is -0.0335. The van der Waals surface area contributed by atoms with Crippen LogP contribution in [0.3, 0.4) is 0 Å². The van der Waals surface area contributed by atoms with Crippen molar-refractivity contribution in [2.75, 3.05) is 77.6 Å². The highest BCUT2D eigenvalue weighted by molar-refractivity contribution is 7.90. The quantitative estimate of drug-likeness (QED) is 0.419. The molecule has 8 rings (SSSR count). The number of methoxy groups -OCH3 is 1. The fraction of sp³-hybridized carbons (Fsp3) is 0.634. The predicted octanol–water partition coefficient (Wildman–Crippen LogP) is 5.29. The van der Waals surface area contributed by atoms with Gasteiger partial charge in [0.15, 0.2) is 0 Å². The smallest absolute Gasteiger partial charge is 0.264 e. The van der Waals surface area contributed by atoms with Crippen molar-refractivity contribution in [3.8, 4) is 5.75 Å². The molecule has 2 aliphatic carbocycles. The number of fused-ring (bicyclic) bond motifs is 5. The number of hydrogen-bond donors (Lipinski definition) is 1. The molecule has 2 saturated heterocycles. The van der Waals surface area contributed by atoms with Crippen LogP contribution in [0.1, 0.15) is 67.4 Å². The molecule has 1 N–H and O–H groups in total. The molecule has 53 heavy (non-hydrogen) atoms. The first-order chi connectivity index (χ1) is 25.5. The molecule has 4 aliphatic heterocycles. The van der Waals surface area contributed by atoms with E-state index in [0.717, 1.165) is 102 Å². The first-order valence-electron chi connectivity index (χ1n) is 19.6. The molecule has 1 saturated carbocycles. The lowest BCUT2D eigenvalue weighted by Gasteiger charge is -2.53. The van der Waals surface area contributed by atoms with E-state index in [1.165, 1.54) is 11.1 Å². The molecule has 0 aromatic heterocycles. The average molecular weight is 767 g/mol. The van der Waals surface area contributed by atoms with Crippen molar-refractivity contribution < 1.29 is 27.4 Å². The van der Waals surface area contributed by atoms with Crippen LogP contribution in [0.2, 0.25) is 5.02 Å². The second kappa shape index (κ2) is 14.8. The van der Waals surface area contributed by atoms with E-state index in [9.17, 15) is 13.2 Å². The maximum atomic E-state index is 13.7. The Balaban J connectivity index is 1.19. The van der Waals surface area contributed by atoms with Gasteiger partial charge in [-0.05, 0) is 105 Å². The molecular weight excluding hydrogens is 712 g/mol. The van der Waals surface area contributed by atoms with Gasteiger partial charge >= 0.3 is 0 Å². The van der Waals surface area contributed by atoms with Gasteiger partial charge in [-0.15, -0.1) is 0 Å². The van der Waals surface area contributed by atoms with Crippen molar-refractivity contribution in [1.29, 1.82) is 0 Å². The fourth-order valence-electron chi connectivity index (χ4n) is 10.1. The first-order valence-corrected chi connectivity index (χ1v) is 21.6. The summed E-state index contributed by atoms with van der Waals surface area (Å²) in [5.41, 5.74) is 2.88. The van der Waals surface area contributed by atoms with E-state index in [4.69, 9.17) is 25.8 Å². The Morgan fingerprint density at radius 3 is 2.75 bits per heavy atom. The van der Waals surface area contributed by atoms with E-state index in [-0.39, 0.29) is 17.3 Å². The number of benzene rings is 2. The highest BCUT2D eigenvalue weighted by atomic mass is 35.5. The Kier molecular flexibility index (Phi) is 10.4. The van der Waals surface area contributed by atoms with Crippen LogP contribution in [0.25, 0.3) is 0 Å². The monoisotopic (exact) mass is 766 g/mol. The van der Waals surface area contributed by atoms with Crippen molar-refractivity contribution in [2.45, 2.75) is 74.7 Å². The Morgan fingerprint density at radius 2 is 1.94 bits per heavy atom. The maximum absolute atomic E-state index is 13.7. The Hall–Kier alpha value is -2.67. The summed E-state index contributed by atoms with van der Waals surface area (Å²) in [7, 11) is -2.11. The third-order valence-corrected chi connectivity index (χ3v) is 15.8. The van der Waals surface area contributed by atoms with Gasteiger partial charge in [-0.1, -0.05) is 36.7 Å². The number of allylic oxidation sites excluding steroid dienone is 1. The second-order valence-electron chi connectivity index (χ2n) is 16.7. The number of ether oxygens (including phenoxy) is 3. The van der Waals surface area contributed by atoms with Crippen molar-refractivity contribution in [1.82, 2.24) is 14.5 Å². The number of nitrogens with one attached hydrogen (secondary N) is 1. The van der Waals surface area contributed by atoms with Crippen LogP contribution in [0.4, 0.5) is 5.69 Å². The highest BCUT2D eigenvalue weighted by Gasteiger charge is 2.50. The van der Waals surface area contributed by atoms with Gasteiger partial charge in [0.2, 0.25) is 10.0 Å². The molecule has 10 nitrogen and oxygen atoms in total. The molecule has 0 unspecified atom stereocenters. The molecule has 2 bridgehead atoms. The maximum Gasteiger partial charge on any atom is 0.264 e. The number of amides is 1. The van der Waals surface area contributed by atoms with E-state index < -0.39 is 26.8 Å². The SMILES string of the molecule is CO[C@]1(CN2CCN3CCOC[C@@H]3C2)/C=C\C[C@H](C)[C@@H](C)S(=O)(=O)NC(=O)c2ccc3c(c2)N(C[C@@H]2CC[C@H]21)C[C@@]1(CCCc2cc(Cl)ccc21)CO3. The van der Waals surface area contributed by atoms with Crippen LogP contribution in [-0.2, 0) is 31.3 Å². The third-order valence-electron chi connectivity index (χ3n) is 13.6. The first kappa shape index (κ1) is 37.3. The molecule has 3 fully saturated rings. The predicted molar refractivity (Wildman–Crippen MR) is 208 cm³/mol. The fourth-order valence-corrected chi connectivity index (χ4v) is 11.6. The summed E-state index contributed by atoms with van der Waals surface area (Å²) < 4.78 is 49.0. The number of nitrogens with zero attached hydrogens (tertiary/aromatic N) is 3. The number of aryl methyl sites for hydroxylation is 1. The van der Waals surface area contributed by atoms with Crippen molar-refractivity contribution in [3.05, 3.63) is 70.3 Å². The van der Waals surface area contributed by atoms with E-state index in [1.54, 1.807) is 13.0 Å². The average Bonchev–Trinajstić information content (AvgIpc) is 3.28. The molecule has 0 radical (unpaired) electrons. The van der Waals surface area contributed by atoms with Crippen LogP contribution in [-0.4, -0.2) is 114 Å². The number of morpholine rings is 1. The van der Waals surface area contributed by atoms with E-state index in [0.29, 0.717) is 36.3 Å². The molecule has 7 atom stereocenters. The minimum absolute atomic E-state index is 0.223. The highest BCUT2D eigenvalue weighted by Crippen LogP contribution is 2.49. The van der Waals surface area contributed by atoms with Crippen LogP contribution in [0.5, 0.6) is 5.75 Å². The number of sulfonamides is 1. The number of hydrogen-bond acceptors (Lipinski definition) is 9. The Morgan fingerprint density at radius 1 is 1.08 bits per heavy atom. The Labute approximate surface area is 320 Å². The molecule has 2 aromatic rings. The summed E-state index contributed by atoms with van der Waals surface area (Å²) in [6.45, 7) is 11.9. The lowest BCUT2D eigenvalue weighted by molar-refractivity contribution is -0.108. The summed E-state index contributed by atoms with van der Waals surface area (Å²) in [6.07, 6.45) is 10.1. The standard InChI is InChI=1S/C41H55ClN4O6S/c1-28-6-4-15-41(50-3,26-44-16-17-45-18-19-51-24-34(45)23-44)36-11-8-32(36)22-46-25-40(14-5-7-30-20-33(42)10-12-35(30)40)27-52-38-13-9-31(21-37(38)46)39(47)43-53(48,49)29(28)2/h4,9-10,12-13,15,20-21,28-29,32,34,36H,5-8,11,14,16-19,22-27H2,1-3H3,(H,43,47)/b15-4-/t28-,29+,32-,34-,36+,40-,41-/m0/s1. The third kappa shape index (κ3) is 7.15. The summed E-state index contributed by atoms with van der Waals surface area (Å²) in [4.78, 5) is 21.2. The number of rotatable bonds is 3. The lowest BCUT2D eigenvalue weighted by atomic mass is 9.63. The van der Waals surface area contributed by atoms with Crippen molar-refractivity contribution >= 4 is 33.2 Å². The molecular formula is C41H55ClN4O6S. The van der Waals surface area contributed by atoms with Gasteiger partial charge in [-0.25, -0.2) is 13.1 Å². The van der Waals surface area contributed by atoms with Crippen LogP contribution < -0.4 is 14.4 Å². The van der Waals surface area contributed by atoms with Crippen molar-refractivity contribution in [2.24, 2.45) is 17.8 Å². The second-order valence-corrected chi connectivity index (χ2v) is 19.2. The molecule has 288 valence electrons. The van der Waals surface area contributed by atoms with E-state index in [2.05, 4.69) is 43.7 Å². The summed E-state index contributed by atoms with van der Waals surface area (Å²) >= 11 is 6.51. The Bertz CT molecular complexity index is 1840. The normalized spacial score (nSPS) is 35.4. The van der Waals surface area contributed by atoms with Crippen LogP contribution in [0.15, 0.2) is 48.6 Å². The van der Waals surface area contributed by atoms with Crippen molar-refractivity contribution in [3.63, 3.8) is 0 Å². The van der Waals surface area contributed by atoms with Gasteiger partial charge in [0.05, 0.1) is 30.8 Å². The van der Waals surface area contributed by atoms with Gasteiger partial charge in [-0.3, -0.25) is 14.6 Å².